The Hall–Kier alpha value is -1.66. The van der Waals surface area contributed by atoms with Crippen LogP contribution in [0.25, 0.3) is 11.1 Å². The lowest BCUT2D eigenvalue weighted by molar-refractivity contribution is 0.205. The van der Waals surface area contributed by atoms with Crippen molar-refractivity contribution in [3.05, 3.63) is 24.5 Å². The fourth-order valence-corrected chi connectivity index (χ4v) is 3.24. The molecule has 0 spiro atoms. The quantitative estimate of drug-likeness (QED) is 0.885. The van der Waals surface area contributed by atoms with Crippen LogP contribution in [0.1, 0.15) is 12.8 Å². The Bertz CT molecular complexity index is 568. The second-order valence-corrected chi connectivity index (χ2v) is 5.65. The van der Waals surface area contributed by atoms with Gasteiger partial charge < -0.3 is 15.4 Å². The Morgan fingerprint density at radius 1 is 1.40 bits per heavy atom. The highest BCUT2D eigenvalue weighted by molar-refractivity contribution is 7.11. The zero-order valence-corrected chi connectivity index (χ0v) is 12.3. The molecule has 5 nitrogen and oxygen atoms in total. The van der Waals surface area contributed by atoms with Gasteiger partial charge in [0.05, 0.1) is 12.2 Å². The number of hydrogen-bond donors (Lipinski definition) is 1. The van der Waals surface area contributed by atoms with E-state index in [4.69, 9.17) is 10.5 Å². The number of pyridine rings is 1. The summed E-state index contributed by atoms with van der Waals surface area (Å²) in [7, 11) is 1.73. The number of nitrogens with two attached hydrogens (primary N) is 1. The van der Waals surface area contributed by atoms with Gasteiger partial charge in [0.2, 0.25) is 0 Å². The van der Waals surface area contributed by atoms with Crippen LogP contribution < -0.4 is 10.6 Å². The van der Waals surface area contributed by atoms with E-state index in [0.717, 1.165) is 22.7 Å². The number of nitrogens with zero attached hydrogens (tertiary/aromatic N) is 3. The number of aromatic nitrogens is 2. The lowest BCUT2D eigenvalue weighted by Crippen LogP contribution is -2.29. The van der Waals surface area contributed by atoms with E-state index >= 15 is 0 Å². The summed E-state index contributed by atoms with van der Waals surface area (Å²) in [5.41, 5.74) is 8.18. The van der Waals surface area contributed by atoms with Crippen molar-refractivity contribution in [1.29, 1.82) is 0 Å². The van der Waals surface area contributed by atoms with E-state index in [0.29, 0.717) is 18.5 Å². The zero-order chi connectivity index (χ0) is 13.9. The van der Waals surface area contributed by atoms with Crippen LogP contribution in [0, 0.1) is 0 Å². The van der Waals surface area contributed by atoms with Crippen LogP contribution >= 0.6 is 11.5 Å². The first kappa shape index (κ1) is 13.3. The zero-order valence-electron chi connectivity index (χ0n) is 11.5. The molecule has 20 heavy (non-hydrogen) atoms. The molecule has 2 N–H and O–H groups in total. The molecule has 0 aromatic carbocycles. The number of ether oxygens (including phenoxy) is 1. The molecule has 3 rings (SSSR count). The molecule has 0 saturated heterocycles. The largest absolute Gasteiger partial charge is 0.383 e. The van der Waals surface area contributed by atoms with E-state index in [1.807, 2.05) is 12.1 Å². The van der Waals surface area contributed by atoms with Crippen molar-refractivity contribution in [3.63, 3.8) is 0 Å². The molecule has 0 radical (unpaired) electrons. The van der Waals surface area contributed by atoms with Gasteiger partial charge in [-0.1, -0.05) is 0 Å². The first-order chi connectivity index (χ1) is 9.81. The molecule has 2 heterocycles. The summed E-state index contributed by atoms with van der Waals surface area (Å²) < 4.78 is 9.57. The lowest BCUT2D eigenvalue weighted by Gasteiger charge is -2.23. The predicted octanol–water partition coefficient (Wildman–Crippen LogP) is 2.40. The third-order valence-electron chi connectivity index (χ3n) is 3.45. The first-order valence-electron chi connectivity index (χ1n) is 6.72. The van der Waals surface area contributed by atoms with Crippen LogP contribution in [0.5, 0.6) is 0 Å². The molecular formula is C14H18N4OS. The molecule has 6 heteroatoms. The summed E-state index contributed by atoms with van der Waals surface area (Å²) >= 11 is 1.47. The molecule has 1 saturated carbocycles. The van der Waals surface area contributed by atoms with E-state index in [1.54, 1.807) is 19.5 Å². The maximum Gasteiger partial charge on any atom is 0.147 e. The number of methoxy groups -OCH3 is 1. The lowest BCUT2D eigenvalue weighted by atomic mass is 10.1. The van der Waals surface area contributed by atoms with E-state index in [2.05, 4.69) is 14.3 Å². The van der Waals surface area contributed by atoms with Crippen LogP contribution in [0.3, 0.4) is 0 Å². The van der Waals surface area contributed by atoms with E-state index in [-0.39, 0.29) is 0 Å². The van der Waals surface area contributed by atoms with E-state index in [1.165, 1.54) is 24.4 Å². The van der Waals surface area contributed by atoms with Crippen LogP contribution in [0.4, 0.5) is 10.8 Å². The van der Waals surface area contributed by atoms with Crippen LogP contribution in [0.2, 0.25) is 0 Å². The molecule has 2 aromatic heterocycles. The summed E-state index contributed by atoms with van der Waals surface area (Å²) in [5.74, 6) is 0.597. The van der Waals surface area contributed by atoms with Crippen LogP contribution in [-0.4, -0.2) is 35.7 Å². The Labute approximate surface area is 122 Å². The fourth-order valence-electron chi connectivity index (χ4n) is 2.31. The van der Waals surface area contributed by atoms with Gasteiger partial charge in [0.1, 0.15) is 10.8 Å². The summed E-state index contributed by atoms with van der Waals surface area (Å²) in [5, 5.41) is 1.15. The molecular weight excluding hydrogens is 272 g/mol. The second kappa shape index (κ2) is 5.76. The third kappa shape index (κ3) is 2.62. The minimum atomic E-state index is 0.597. The molecule has 0 bridgehead atoms. The van der Waals surface area contributed by atoms with Crippen LogP contribution in [-0.2, 0) is 4.74 Å². The molecule has 2 aromatic rings. The average Bonchev–Trinajstić information content (AvgIpc) is 3.24. The van der Waals surface area contributed by atoms with E-state index in [9.17, 15) is 0 Å². The summed E-state index contributed by atoms with van der Waals surface area (Å²) in [6.07, 6.45) is 6.04. The first-order valence-corrected chi connectivity index (χ1v) is 7.49. The van der Waals surface area contributed by atoms with Crippen molar-refractivity contribution in [2.24, 2.45) is 0 Å². The van der Waals surface area contributed by atoms with Gasteiger partial charge in [0.25, 0.3) is 0 Å². The smallest absolute Gasteiger partial charge is 0.147 e. The van der Waals surface area contributed by atoms with Gasteiger partial charge >= 0.3 is 0 Å². The summed E-state index contributed by atoms with van der Waals surface area (Å²) in [6.45, 7) is 1.59. The monoisotopic (exact) mass is 290 g/mol. The highest BCUT2D eigenvalue weighted by Crippen LogP contribution is 2.43. The van der Waals surface area contributed by atoms with Crippen molar-refractivity contribution < 1.29 is 4.74 Å². The Morgan fingerprint density at radius 2 is 2.15 bits per heavy atom. The molecule has 1 fully saturated rings. The predicted molar refractivity (Wildman–Crippen MR) is 82.0 cm³/mol. The SMILES string of the molecule is COCCN(c1snc(N)c1-c1ccncc1)C1CC1. The van der Waals surface area contributed by atoms with Gasteiger partial charge in [0, 0.05) is 32.1 Å². The van der Waals surface area contributed by atoms with Gasteiger partial charge in [-0.15, -0.1) is 0 Å². The number of hydrogen-bond acceptors (Lipinski definition) is 6. The molecule has 1 aliphatic rings. The normalized spacial score (nSPS) is 14.4. The number of anilines is 2. The average molecular weight is 290 g/mol. The molecule has 106 valence electrons. The van der Waals surface area contributed by atoms with Crippen molar-refractivity contribution in [1.82, 2.24) is 9.36 Å². The van der Waals surface area contributed by atoms with Gasteiger partial charge in [-0.3, -0.25) is 4.98 Å². The molecule has 0 aliphatic heterocycles. The second-order valence-electron chi connectivity index (χ2n) is 4.90. The maximum atomic E-state index is 6.08. The van der Waals surface area contributed by atoms with Gasteiger partial charge in [0.15, 0.2) is 0 Å². The van der Waals surface area contributed by atoms with Gasteiger partial charge in [-0.2, -0.15) is 4.37 Å². The Morgan fingerprint density at radius 3 is 2.80 bits per heavy atom. The van der Waals surface area contributed by atoms with Gasteiger partial charge in [-0.05, 0) is 42.1 Å². The number of rotatable bonds is 6. The highest BCUT2D eigenvalue weighted by atomic mass is 32.1. The molecule has 1 aliphatic carbocycles. The van der Waals surface area contributed by atoms with Crippen molar-refractivity contribution >= 4 is 22.4 Å². The molecule has 0 amide bonds. The van der Waals surface area contributed by atoms with Crippen molar-refractivity contribution in [2.45, 2.75) is 18.9 Å². The van der Waals surface area contributed by atoms with Gasteiger partial charge in [-0.25, -0.2) is 0 Å². The third-order valence-corrected chi connectivity index (χ3v) is 4.35. The van der Waals surface area contributed by atoms with Crippen molar-refractivity contribution in [3.8, 4) is 11.1 Å². The minimum absolute atomic E-state index is 0.597. The summed E-state index contributed by atoms with van der Waals surface area (Å²) in [4.78, 5) is 6.45. The van der Waals surface area contributed by atoms with Crippen LogP contribution in [0.15, 0.2) is 24.5 Å². The molecule has 0 unspecified atom stereocenters. The minimum Gasteiger partial charge on any atom is -0.383 e. The molecule has 0 atom stereocenters. The standard InChI is InChI=1S/C14H18N4OS/c1-19-9-8-18(11-2-3-11)14-12(13(15)17-20-14)10-4-6-16-7-5-10/h4-7,11H,2-3,8-9H2,1H3,(H2,15,17). The van der Waals surface area contributed by atoms with E-state index < -0.39 is 0 Å². The summed E-state index contributed by atoms with van der Waals surface area (Å²) in [6, 6.07) is 4.56. The highest BCUT2D eigenvalue weighted by Gasteiger charge is 2.32. The topological polar surface area (TPSA) is 64.3 Å². The fraction of sp³-hybridized carbons (Fsp3) is 0.429. The Balaban J connectivity index is 1.96. The van der Waals surface area contributed by atoms with Crippen molar-refractivity contribution in [2.75, 3.05) is 30.9 Å². The number of nitrogen functional groups attached to an aromatic ring is 1. The maximum absolute atomic E-state index is 6.08. The Kier molecular flexibility index (Phi) is 3.84.